The lowest BCUT2D eigenvalue weighted by Gasteiger charge is -2.21. The zero-order chi connectivity index (χ0) is 18.7. The highest BCUT2D eigenvalue weighted by Crippen LogP contribution is 2.41. The van der Waals surface area contributed by atoms with Gasteiger partial charge in [0.05, 0.1) is 25.3 Å². The molecule has 1 heterocycles. The molecule has 0 spiro atoms. The highest BCUT2D eigenvalue weighted by molar-refractivity contribution is 6.13. The maximum Gasteiger partial charge on any atom is 0.203 e. The number of ketones is 1. The second kappa shape index (κ2) is 7.74. The molecular formula is C20H22FNO4. The third-order valence-corrected chi connectivity index (χ3v) is 4.69. The summed E-state index contributed by atoms with van der Waals surface area (Å²) < 4.78 is 24.8. The van der Waals surface area contributed by atoms with Gasteiger partial charge in [-0.3, -0.25) is 9.69 Å². The van der Waals surface area contributed by atoms with Gasteiger partial charge in [-0.15, -0.1) is 0 Å². The van der Waals surface area contributed by atoms with Crippen LogP contribution in [0.25, 0.3) is 0 Å². The third kappa shape index (κ3) is 3.37. The van der Waals surface area contributed by atoms with Crippen molar-refractivity contribution in [3.8, 4) is 17.2 Å². The van der Waals surface area contributed by atoms with Gasteiger partial charge in [-0.1, -0.05) is 12.1 Å². The van der Waals surface area contributed by atoms with Gasteiger partial charge in [-0.25, -0.2) is 4.39 Å². The number of rotatable bonds is 6. The fourth-order valence-electron chi connectivity index (χ4n) is 3.32. The lowest BCUT2D eigenvalue weighted by atomic mass is 9.97. The predicted molar refractivity (Wildman–Crippen MR) is 95.6 cm³/mol. The molecule has 26 heavy (non-hydrogen) atoms. The molecule has 1 N–H and O–H groups in total. The average Bonchev–Trinajstić information content (AvgIpc) is 3.16. The predicted octanol–water partition coefficient (Wildman–Crippen LogP) is 3.38. The Labute approximate surface area is 152 Å². The molecule has 0 bridgehead atoms. The molecular weight excluding hydrogens is 337 g/mol. The minimum atomic E-state index is -0.643. The minimum Gasteiger partial charge on any atom is -0.507 e. The molecule has 0 radical (unpaired) electrons. The topological polar surface area (TPSA) is 59.0 Å². The van der Waals surface area contributed by atoms with E-state index < -0.39 is 11.6 Å². The van der Waals surface area contributed by atoms with Gasteiger partial charge in [0.15, 0.2) is 0 Å². The van der Waals surface area contributed by atoms with E-state index in [1.165, 1.54) is 32.4 Å². The molecule has 2 aromatic carbocycles. The van der Waals surface area contributed by atoms with Crippen LogP contribution in [-0.4, -0.2) is 43.1 Å². The third-order valence-electron chi connectivity index (χ3n) is 4.69. The first-order chi connectivity index (χ1) is 12.6. The summed E-state index contributed by atoms with van der Waals surface area (Å²) in [5.74, 6) is -0.894. The molecule has 3 rings (SSSR count). The number of carbonyl (C=O) groups is 1. The molecule has 5 nitrogen and oxygen atoms in total. The monoisotopic (exact) mass is 359 g/mol. The summed E-state index contributed by atoms with van der Waals surface area (Å²) >= 11 is 0. The van der Waals surface area contributed by atoms with Crippen LogP contribution in [0.2, 0.25) is 0 Å². The highest BCUT2D eigenvalue weighted by Gasteiger charge is 2.28. The first kappa shape index (κ1) is 18.2. The number of carbonyl (C=O) groups excluding carboxylic acids is 1. The van der Waals surface area contributed by atoms with Gasteiger partial charge in [-0.2, -0.15) is 0 Å². The van der Waals surface area contributed by atoms with Crippen LogP contribution in [0.5, 0.6) is 17.2 Å². The van der Waals surface area contributed by atoms with Gasteiger partial charge in [0.25, 0.3) is 0 Å². The lowest BCUT2D eigenvalue weighted by Crippen LogP contribution is -2.19. The van der Waals surface area contributed by atoms with Crippen molar-refractivity contribution in [2.45, 2.75) is 19.4 Å². The Morgan fingerprint density at radius 1 is 1.15 bits per heavy atom. The summed E-state index contributed by atoms with van der Waals surface area (Å²) in [4.78, 5) is 15.1. The zero-order valence-corrected chi connectivity index (χ0v) is 14.9. The van der Waals surface area contributed by atoms with E-state index in [0.29, 0.717) is 17.9 Å². The summed E-state index contributed by atoms with van der Waals surface area (Å²) in [5, 5.41) is 10.9. The van der Waals surface area contributed by atoms with Gasteiger partial charge < -0.3 is 14.6 Å². The van der Waals surface area contributed by atoms with E-state index in [-0.39, 0.29) is 22.6 Å². The van der Waals surface area contributed by atoms with Crippen molar-refractivity contribution in [1.82, 2.24) is 4.90 Å². The Morgan fingerprint density at radius 2 is 1.81 bits per heavy atom. The van der Waals surface area contributed by atoms with Gasteiger partial charge in [0, 0.05) is 12.6 Å². The minimum absolute atomic E-state index is 0.0485. The Bertz CT molecular complexity index is 816. The molecule has 0 aliphatic carbocycles. The van der Waals surface area contributed by atoms with Gasteiger partial charge in [0.2, 0.25) is 5.78 Å². The van der Waals surface area contributed by atoms with Gasteiger partial charge >= 0.3 is 0 Å². The number of hydrogen-bond donors (Lipinski definition) is 1. The summed E-state index contributed by atoms with van der Waals surface area (Å²) in [7, 11) is 2.90. The van der Waals surface area contributed by atoms with Crippen LogP contribution < -0.4 is 9.47 Å². The van der Waals surface area contributed by atoms with Crippen LogP contribution in [0.15, 0.2) is 30.3 Å². The normalized spacial score (nSPS) is 14.4. The lowest BCUT2D eigenvalue weighted by molar-refractivity contribution is 0.102. The van der Waals surface area contributed by atoms with Crippen LogP contribution in [0.3, 0.4) is 0 Å². The largest absolute Gasteiger partial charge is 0.507 e. The summed E-state index contributed by atoms with van der Waals surface area (Å²) in [6.45, 7) is 2.30. The average molecular weight is 359 g/mol. The number of benzene rings is 2. The van der Waals surface area contributed by atoms with Crippen LogP contribution in [0, 0.1) is 5.82 Å². The molecule has 2 aromatic rings. The Hall–Kier alpha value is -2.60. The highest BCUT2D eigenvalue weighted by atomic mass is 19.1. The van der Waals surface area contributed by atoms with Crippen LogP contribution in [0.1, 0.15) is 34.3 Å². The van der Waals surface area contributed by atoms with E-state index in [4.69, 9.17) is 9.47 Å². The zero-order valence-electron chi connectivity index (χ0n) is 14.9. The smallest absolute Gasteiger partial charge is 0.203 e. The molecule has 1 aliphatic heterocycles. The van der Waals surface area contributed by atoms with Crippen molar-refractivity contribution in [3.63, 3.8) is 0 Å². The number of hydrogen-bond acceptors (Lipinski definition) is 5. The molecule has 0 atom stereocenters. The molecule has 0 saturated carbocycles. The summed E-state index contributed by atoms with van der Waals surface area (Å²) in [6.07, 6.45) is 2.19. The maximum atomic E-state index is 14.1. The van der Waals surface area contributed by atoms with Gasteiger partial charge in [-0.05, 0) is 38.1 Å². The fraction of sp³-hybridized carbons (Fsp3) is 0.350. The quantitative estimate of drug-likeness (QED) is 0.802. The van der Waals surface area contributed by atoms with Crippen molar-refractivity contribution < 1.29 is 23.8 Å². The standard InChI is InChI=1S/C20H22FNO4/c1-25-16-11-17(26-2)18(19(23)13-7-3-4-8-15(13)21)20(24)14(16)12-22-9-5-6-10-22/h3-4,7-8,11,24H,5-6,9-10,12H2,1-2H3. The van der Waals surface area contributed by atoms with E-state index in [2.05, 4.69) is 4.90 Å². The fourth-order valence-corrected chi connectivity index (χ4v) is 3.32. The Morgan fingerprint density at radius 3 is 2.42 bits per heavy atom. The van der Waals surface area contributed by atoms with Crippen LogP contribution in [0.4, 0.5) is 4.39 Å². The number of nitrogens with zero attached hydrogens (tertiary/aromatic N) is 1. The van der Waals surface area contributed by atoms with Crippen molar-refractivity contribution in [2.24, 2.45) is 0 Å². The van der Waals surface area contributed by atoms with Gasteiger partial charge in [0.1, 0.15) is 28.6 Å². The number of ether oxygens (including phenoxy) is 2. The number of aromatic hydroxyl groups is 1. The Kier molecular flexibility index (Phi) is 5.42. The number of halogens is 1. The van der Waals surface area contributed by atoms with Crippen molar-refractivity contribution in [3.05, 3.63) is 52.8 Å². The number of likely N-dealkylation sites (tertiary alicyclic amines) is 1. The van der Waals surface area contributed by atoms with Crippen molar-refractivity contribution >= 4 is 5.78 Å². The molecule has 0 unspecified atom stereocenters. The second-order valence-electron chi connectivity index (χ2n) is 6.28. The van der Waals surface area contributed by atoms with E-state index in [0.717, 1.165) is 25.9 Å². The maximum absolute atomic E-state index is 14.1. The SMILES string of the molecule is COc1cc(OC)c(C(=O)c2ccccc2F)c(O)c1CN1CCCC1. The number of methoxy groups -OCH3 is 2. The summed E-state index contributed by atoms with van der Waals surface area (Å²) in [5.41, 5.74) is 0.348. The van der Waals surface area contributed by atoms with Crippen molar-refractivity contribution in [2.75, 3.05) is 27.3 Å². The van der Waals surface area contributed by atoms with E-state index in [1.807, 2.05) is 0 Å². The second-order valence-corrected chi connectivity index (χ2v) is 6.28. The first-order valence-electron chi connectivity index (χ1n) is 8.55. The van der Waals surface area contributed by atoms with Crippen LogP contribution in [-0.2, 0) is 6.54 Å². The molecule has 0 aromatic heterocycles. The molecule has 1 fully saturated rings. The molecule has 138 valence electrons. The first-order valence-corrected chi connectivity index (χ1v) is 8.55. The summed E-state index contributed by atoms with van der Waals surface area (Å²) in [6, 6.07) is 7.26. The molecule has 6 heteroatoms. The Balaban J connectivity index is 2.11. The molecule has 1 aliphatic rings. The van der Waals surface area contributed by atoms with E-state index in [9.17, 15) is 14.3 Å². The van der Waals surface area contributed by atoms with Crippen LogP contribution >= 0.6 is 0 Å². The number of phenolic OH excluding ortho intramolecular Hbond substituents is 1. The molecule has 1 saturated heterocycles. The number of phenols is 1. The van der Waals surface area contributed by atoms with E-state index >= 15 is 0 Å². The molecule has 0 amide bonds. The van der Waals surface area contributed by atoms with Crippen molar-refractivity contribution in [1.29, 1.82) is 0 Å². The van der Waals surface area contributed by atoms with E-state index in [1.54, 1.807) is 12.1 Å².